The third-order valence-electron chi connectivity index (χ3n) is 2.63. The van der Waals surface area contributed by atoms with Crippen LogP contribution in [0.25, 0.3) is 0 Å². The van der Waals surface area contributed by atoms with Crippen LogP contribution in [0.4, 0.5) is 0 Å². The van der Waals surface area contributed by atoms with Crippen LogP contribution >= 0.6 is 15.9 Å². The topological polar surface area (TPSA) is 47.6 Å². The lowest BCUT2D eigenvalue weighted by atomic mass is 10.2. The summed E-state index contributed by atoms with van der Waals surface area (Å²) in [4.78, 5) is 12.4. The molecule has 1 N–H and O–H groups in total. The zero-order valence-corrected chi connectivity index (χ0v) is 13.8. The highest BCUT2D eigenvalue weighted by atomic mass is 79.9. The van der Waals surface area contributed by atoms with Gasteiger partial charge < -0.3 is 14.8 Å². The minimum absolute atomic E-state index is 0.0952. The number of benzene rings is 1. The maximum atomic E-state index is 12.0. The number of amides is 1. The molecule has 1 amide bonds. The Kier molecular flexibility index (Phi) is 7.44. The molecule has 0 bridgehead atoms. The van der Waals surface area contributed by atoms with E-state index in [1.165, 1.54) is 0 Å². The summed E-state index contributed by atoms with van der Waals surface area (Å²) in [6.07, 6.45) is 0.890. The molecule has 5 heteroatoms. The molecule has 0 aliphatic heterocycles. The van der Waals surface area contributed by atoms with Crippen molar-refractivity contribution in [2.45, 2.75) is 32.0 Å². The molecule has 1 aromatic carbocycles. The van der Waals surface area contributed by atoms with Crippen LogP contribution in [0.3, 0.4) is 0 Å². The molecule has 1 aromatic rings. The van der Waals surface area contributed by atoms with Gasteiger partial charge in [0.25, 0.3) is 5.91 Å². The molecule has 0 fully saturated rings. The van der Waals surface area contributed by atoms with Crippen molar-refractivity contribution >= 4 is 21.8 Å². The zero-order chi connectivity index (χ0) is 15.0. The van der Waals surface area contributed by atoms with Gasteiger partial charge in [0.1, 0.15) is 0 Å². The maximum Gasteiger partial charge on any atom is 0.251 e. The van der Waals surface area contributed by atoms with E-state index in [1.807, 2.05) is 13.8 Å². The van der Waals surface area contributed by atoms with Gasteiger partial charge in [0.05, 0.1) is 13.2 Å². The van der Waals surface area contributed by atoms with E-state index in [-0.39, 0.29) is 5.91 Å². The van der Waals surface area contributed by atoms with Gasteiger partial charge in [-0.25, -0.2) is 0 Å². The van der Waals surface area contributed by atoms with Crippen molar-refractivity contribution in [1.82, 2.24) is 5.32 Å². The average molecular weight is 344 g/mol. The van der Waals surface area contributed by atoms with E-state index < -0.39 is 0 Å². The van der Waals surface area contributed by atoms with Crippen LogP contribution in [0, 0.1) is 0 Å². The molecule has 0 saturated carbocycles. The first kappa shape index (κ1) is 16.8. The number of ether oxygens (including phenoxy) is 2. The molecule has 1 rings (SSSR count). The van der Waals surface area contributed by atoms with Gasteiger partial charge in [0.15, 0.2) is 11.5 Å². The van der Waals surface area contributed by atoms with Crippen molar-refractivity contribution in [3.8, 4) is 11.5 Å². The van der Waals surface area contributed by atoms with Crippen LogP contribution in [0.1, 0.15) is 37.6 Å². The van der Waals surface area contributed by atoms with Gasteiger partial charge in [-0.05, 0) is 38.5 Å². The third kappa shape index (κ3) is 5.41. The molecule has 1 unspecified atom stereocenters. The molecule has 0 radical (unpaired) electrons. The molecule has 0 aromatic heterocycles. The number of carbonyl (C=O) groups excluding carboxylic acids is 1. The molecule has 0 spiro atoms. The second kappa shape index (κ2) is 8.84. The van der Waals surface area contributed by atoms with Gasteiger partial charge in [-0.2, -0.15) is 0 Å². The number of halogens is 1. The largest absolute Gasteiger partial charge is 0.490 e. The summed E-state index contributed by atoms with van der Waals surface area (Å²) in [7, 11) is 0. The van der Waals surface area contributed by atoms with Crippen molar-refractivity contribution in [1.29, 1.82) is 0 Å². The van der Waals surface area contributed by atoms with E-state index in [1.54, 1.807) is 18.2 Å². The van der Waals surface area contributed by atoms with Crippen LogP contribution in [0.2, 0.25) is 0 Å². The summed E-state index contributed by atoms with van der Waals surface area (Å²) in [5.74, 6) is 1.18. The first-order valence-corrected chi connectivity index (χ1v) is 7.82. The highest BCUT2D eigenvalue weighted by Crippen LogP contribution is 2.28. The highest BCUT2D eigenvalue weighted by molar-refractivity contribution is 9.09. The van der Waals surface area contributed by atoms with E-state index in [4.69, 9.17) is 9.47 Å². The molecule has 112 valence electrons. The van der Waals surface area contributed by atoms with Crippen LogP contribution < -0.4 is 14.8 Å². The number of hydrogen-bond donors (Lipinski definition) is 1. The minimum atomic E-state index is -0.0952. The Bertz CT molecular complexity index is 435. The Morgan fingerprint density at radius 3 is 2.50 bits per heavy atom. The second-order valence-electron chi connectivity index (χ2n) is 4.35. The van der Waals surface area contributed by atoms with Gasteiger partial charge in [0.2, 0.25) is 0 Å². The summed E-state index contributed by atoms with van der Waals surface area (Å²) < 4.78 is 11.0. The first-order valence-electron chi connectivity index (χ1n) is 6.90. The Balaban J connectivity index is 2.74. The molecule has 1 atom stereocenters. The number of alkyl halides is 1. The minimum Gasteiger partial charge on any atom is -0.490 e. The number of carbonyl (C=O) groups is 1. The van der Waals surface area contributed by atoms with Crippen molar-refractivity contribution in [2.75, 3.05) is 19.8 Å². The van der Waals surface area contributed by atoms with Gasteiger partial charge in [0, 0.05) is 16.9 Å². The standard InChI is InChI=1S/C15H22BrNO3/c1-4-19-13-7-6-12(10-14(13)20-5-2)15(18)17-9-8-11(3)16/h6-7,10-11H,4-5,8-9H2,1-3H3,(H,17,18). The Labute approximate surface area is 129 Å². The quantitative estimate of drug-likeness (QED) is 0.736. The fraction of sp³-hybridized carbons (Fsp3) is 0.533. The molecule has 0 aliphatic rings. The SMILES string of the molecule is CCOc1ccc(C(=O)NCCC(C)Br)cc1OCC. The molecular weight excluding hydrogens is 322 g/mol. The van der Waals surface area contributed by atoms with Gasteiger partial charge in [-0.1, -0.05) is 22.9 Å². The number of nitrogens with one attached hydrogen (secondary N) is 1. The summed E-state index contributed by atoms with van der Waals surface area (Å²) >= 11 is 3.45. The van der Waals surface area contributed by atoms with Gasteiger partial charge >= 0.3 is 0 Å². The van der Waals surface area contributed by atoms with Crippen LogP contribution in [0.15, 0.2) is 18.2 Å². The Morgan fingerprint density at radius 1 is 1.25 bits per heavy atom. The van der Waals surface area contributed by atoms with E-state index in [2.05, 4.69) is 28.2 Å². The summed E-state index contributed by atoms with van der Waals surface area (Å²) in [5, 5.41) is 2.89. The number of rotatable bonds is 8. The lowest BCUT2D eigenvalue weighted by Gasteiger charge is -2.12. The monoisotopic (exact) mass is 343 g/mol. The molecule has 0 saturated heterocycles. The molecular formula is C15H22BrNO3. The second-order valence-corrected chi connectivity index (χ2v) is 5.92. The average Bonchev–Trinajstić information content (AvgIpc) is 2.40. The molecule has 4 nitrogen and oxygen atoms in total. The van der Waals surface area contributed by atoms with Crippen LogP contribution in [-0.2, 0) is 0 Å². The summed E-state index contributed by atoms with van der Waals surface area (Å²) in [5.41, 5.74) is 0.583. The fourth-order valence-corrected chi connectivity index (χ4v) is 1.91. The third-order valence-corrected chi connectivity index (χ3v) is 3.09. The highest BCUT2D eigenvalue weighted by Gasteiger charge is 2.11. The fourth-order valence-electron chi connectivity index (χ4n) is 1.68. The Hall–Kier alpha value is -1.23. The lowest BCUT2D eigenvalue weighted by molar-refractivity contribution is 0.0953. The van der Waals surface area contributed by atoms with Crippen molar-refractivity contribution < 1.29 is 14.3 Å². The van der Waals surface area contributed by atoms with E-state index in [9.17, 15) is 4.79 Å². The van der Waals surface area contributed by atoms with Crippen molar-refractivity contribution in [2.24, 2.45) is 0 Å². The summed E-state index contributed by atoms with van der Waals surface area (Å²) in [6, 6.07) is 5.25. The Morgan fingerprint density at radius 2 is 1.90 bits per heavy atom. The van der Waals surface area contributed by atoms with Crippen LogP contribution in [-0.4, -0.2) is 30.5 Å². The van der Waals surface area contributed by atoms with Crippen LogP contribution in [0.5, 0.6) is 11.5 Å². The molecule has 0 heterocycles. The normalized spacial score (nSPS) is 11.8. The van der Waals surface area contributed by atoms with Crippen molar-refractivity contribution in [3.05, 3.63) is 23.8 Å². The van der Waals surface area contributed by atoms with E-state index in [0.717, 1.165) is 6.42 Å². The van der Waals surface area contributed by atoms with E-state index >= 15 is 0 Å². The van der Waals surface area contributed by atoms with E-state index in [0.29, 0.717) is 41.6 Å². The van der Waals surface area contributed by atoms with Crippen molar-refractivity contribution in [3.63, 3.8) is 0 Å². The lowest BCUT2D eigenvalue weighted by Crippen LogP contribution is -2.25. The van der Waals surface area contributed by atoms with Gasteiger partial charge in [-0.3, -0.25) is 4.79 Å². The van der Waals surface area contributed by atoms with Gasteiger partial charge in [-0.15, -0.1) is 0 Å². The molecule has 20 heavy (non-hydrogen) atoms. The number of hydrogen-bond acceptors (Lipinski definition) is 3. The smallest absolute Gasteiger partial charge is 0.251 e. The zero-order valence-electron chi connectivity index (χ0n) is 12.2. The summed E-state index contributed by atoms with van der Waals surface area (Å²) in [6.45, 7) is 7.61. The predicted octanol–water partition coefficient (Wildman–Crippen LogP) is 3.39. The molecule has 0 aliphatic carbocycles. The maximum absolute atomic E-state index is 12.0. The first-order chi connectivity index (χ1) is 9.58. The predicted molar refractivity (Wildman–Crippen MR) is 84.1 cm³/mol.